The van der Waals surface area contributed by atoms with Crippen LogP contribution in [0.25, 0.3) is 6.08 Å². The maximum absolute atomic E-state index is 13.1. The van der Waals surface area contributed by atoms with Crippen molar-refractivity contribution in [2.75, 3.05) is 11.5 Å². The molecule has 4 rings (SSSR count). The van der Waals surface area contributed by atoms with Crippen LogP contribution in [0.15, 0.2) is 64.6 Å². The average molecular weight is 636 g/mol. The third kappa shape index (κ3) is 6.14. The summed E-state index contributed by atoms with van der Waals surface area (Å²) >= 11 is 3.24. The summed E-state index contributed by atoms with van der Waals surface area (Å²) in [6.07, 6.45) is -3.66. The van der Waals surface area contributed by atoms with Crippen molar-refractivity contribution in [2.45, 2.75) is 13.1 Å². The second kappa shape index (κ2) is 11.3. The fourth-order valence-electron chi connectivity index (χ4n) is 3.73. The van der Waals surface area contributed by atoms with Gasteiger partial charge in [-0.05, 0) is 83.0 Å². The number of imide groups is 2. The lowest BCUT2D eigenvalue weighted by molar-refractivity contribution is -0.385. The maximum Gasteiger partial charge on any atom is 0.416 e. The number of rotatable bonds is 7. The van der Waals surface area contributed by atoms with E-state index in [1.54, 1.807) is 6.92 Å². The van der Waals surface area contributed by atoms with Crippen LogP contribution in [0.4, 0.5) is 29.3 Å². The number of nitrogens with zero attached hydrogens (tertiary/aromatic N) is 2. The molecule has 0 unspecified atom stereocenters. The van der Waals surface area contributed by atoms with E-state index in [0.717, 1.165) is 12.1 Å². The molecule has 212 valence electrons. The molecule has 1 fully saturated rings. The number of phenolic OH excluding ortho intramolecular Hbond substituents is 1. The third-order valence-corrected chi connectivity index (χ3v) is 6.14. The molecular weight excluding hydrogens is 619 g/mol. The number of anilines is 1. The van der Waals surface area contributed by atoms with Crippen molar-refractivity contribution in [3.8, 4) is 23.0 Å². The molecule has 1 saturated heterocycles. The van der Waals surface area contributed by atoms with E-state index in [1.165, 1.54) is 36.4 Å². The fourth-order valence-corrected chi connectivity index (χ4v) is 4.27. The highest BCUT2D eigenvalue weighted by Gasteiger charge is 2.37. The minimum absolute atomic E-state index is 0.0296. The van der Waals surface area contributed by atoms with E-state index in [0.29, 0.717) is 17.0 Å². The highest BCUT2D eigenvalue weighted by Crippen LogP contribution is 2.44. The Hall–Kier alpha value is -4.92. The average Bonchev–Trinajstić information content (AvgIpc) is 2.89. The molecule has 0 aliphatic carbocycles. The number of hydrogen-bond acceptors (Lipinski definition) is 8. The van der Waals surface area contributed by atoms with Gasteiger partial charge >= 0.3 is 17.9 Å². The number of urea groups is 1. The largest absolute Gasteiger partial charge is 0.508 e. The Bertz CT molecular complexity index is 1610. The van der Waals surface area contributed by atoms with Crippen molar-refractivity contribution in [1.29, 1.82) is 0 Å². The van der Waals surface area contributed by atoms with E-state index < -0.39 is 51.5 Å². The highest BCUT2D eigenvalue weighted by atomic mass is 79.9. The SMILES string of the molecule is CCOc1cc(/C=C2\C(=O)NC(=O)N(c3ccc(O)cc3)C2=O)cc(Br)c1Oc1ccc(C(F)(F)F)cc1[N+](=O)[O-]. The van der Waals surface area contributed by atoms with Crippen LogP contribution in [0.1, 0.15) is 18.1 Å². The number of nitro benzene ring substituents is 1. The van der Waals surface area contributed by atoms with Crippen LogP contribution in [-0.4, -0.2) is 34.5 Å². The zero-order valence-corrected chi connectivity index (χ0v) is 22.3. The van der Waals surface area contributed by atoms with Crippen molar-refractivity contribution in [3.05, 3.63) is 85.9 Å². The number of carbonyl (C=O) groups is 3. The van der Waals surface area contributed by atoms with Gasteiger partial charge in [0.1, 0.15) is 11.3 Å². The standard InChI is InChI=1S/C26H17BrF3N3O8/c1-2-40-21-11-13(9-17-23(35)31-25(37)32(24(17)36)15-4-6-16(34)7-5-15)10-18(27)22(21)41-20-8-3-14(26(28,29)30)12-19(20)33(38)39/h3-12,34H,2H2,1H3,(H,31,35,37)/b17-9+. The molecule has 0 bridgehead atoms. The predicted molar refractivity (Wildman–Crippen MR) is 141 cm³/mol. The summed E-state index contributed by atoms with van der Waals surface area (Å²) in [5.41, 5.74) is -2.32. The molecule has 0 atom stereocenters. The predicted octanol–water partition coefficient (Wildman–Crippen LogP) is 5.94. The summed E-state index contributed by atoms with van der Waals surface area (Å²) < 4.78 is 50.6. The minimum Gasteiger partial charge on any atom is -0.508 e. The Kier molecular flexibility index (Phi) is 8.00. The van der Waals surface area contributed by atoms with Crippen LogP contribution in [0.2, 0.25) is 0 Å². The van der Waals surface area contributed by atoms with Gasteiger partial charge in [0.15, 0.2) is 11.5 Å². The van der Waals surface area contributed by atoms with Gasteiger partial charge in [0.05, 0.1) is 27.3 Å². The first-order valence-corrected chi connectivity index (χ1v) is 12.3. The molecule has 4 amide bonds. The molecule has 0 radical (unpaired) electrons. The number of amides is 4. The number of halogens is 4. The first-order valence-electron chi connectivity index (χ1n) is 11.5. The monoisotopic (exact) mass is 635 g/mol. The zero-order chi connectivity index (χ0) is 30.1. The topological polar surface area (TPSA) is 148 Å². The summed E-state index contributed by atoms with van der Waals surface area (Å²) in [6.45, 7) is 1.68. The van der Waals surface area contributed by atoms with E-state index in [-0.39, 0.29) is 39.6 Å². The maximum atomic E-state index is 13.1. The first kappa shape index (κ1) is 29.1. The lowest BCUT2D eigenvalue weighted by Crippen LogP contribution is -2.54. The Labute approximate surface area is 237 Å². The van der Waals surface area contributed by atoms with E-state index in [9.17, 15) is 42.8 Å². The smallest absolute Gasteiger partial charge is 0.416 e. The zero-order valence-electron chi connectivity index (χ0n) is 20.7. The number of alkyl halides is 3. The van der Waals surface area contributed by atoms with Crippen LogP contribution >= 0.6 is 15.9 Å². The molecule has 3 aromatic rings. The van der Waals surface area contributed by atoms with E-state index in [4.69, 9.17) is 9.47 Å². The summed E-state index contributed by atoms with van der Waals surface area (Å²) in [5.74, 6) is -2.71. The van der Waals surface area contributed by atoms with Gasteiger partial charge in [0.2, 0.25) is 5.75 Å². The fraction of sp³-hybridized carbons (Fsp3) is 0.115. The Balaban J connectivity index is 1.74. The van der Waals surface area contributed by atoms with Gasteiger partial charge in [0, 0.05) is 6.07 Å². The van der Waals surface area contributed by atoms with E-state index in [2.05, 4.69) is 21.2 Å². The number of nitro groups is 1. The number of hydrogen-bond donors (Lipinski definition) is 2. The number of barbiturate groups is 1. The normalized spacial score (nSPS) is 14.7. The summed E-state index contributed by atoms with van der Waals surface area (Å²) in [5, 5.41) is 23.0. The lowest BCUT2D eigenvalue weighted by atomic mass is 10.1. The third-order valence-electron chi connectivity index (χ3n) is 5.55. The minimum atomic E-state index is -4.82. The van der Waals surface area contributed by atoms with Gasteiger partial charge < -0.3 is 14.6 Å². The Morgan fingerprint density at radius 3 is 2.37 bits per heavy atom. The molecule has 0 spiro atoms. The quantitative estimate of drug-likeness (QED) is 0.140. The van der Waals surface area contributed by atoms with E-state index >= 15 is 0 Å². The van der Waals surface area contributed by atoms with Gasteiger partial charge in [0.25, 0.3) is 11.8 Å². The van der Waals surface area contributed by atoms with Crippen LogP contribution in [0, 0.1) is 10.1 Å². The first-order chi connectivity index (χ1) is 19.3. The Morgan fingerprint density at radius 2 is 1.76 bits per heavy atom. The Morgan fingerprint density at radius 1 is 1.07 bits per heavy atom. The van der Waals surface area contributed by atoms with Gasteiger partial charge in [-0.2, -0.15) is 13.2 Å². The van der Waals surface area contributed by atoms with Crippen LogP contribution < -0.4 is 19.7 Å². The number of carbonyl (C=O) groups excluding carboxylic acids is 3. The van der Waals surface area contributed by atoms with Crippen molar-refractivity contribution in [1.82, 2.24) is 5.32 Å². The molecule has 41 heavy (non-hydrogen) atoms. The van der Waals surface area contributed by atoms with Crippen molar-refractivity contribution in [2.24, 2.45) is 0 Å². The molecule has 11 nitrogen and oxygen atoms in total. The van der Waals surface area contributed by atoms with Crippen molar-refractivity contribution < 1.29 is 47.1 Å². The molecule has 3 aromatic carbocycles. The van der Waals surface area contributed by atoms with Gasteiger partial charge in [-0.3, -0.25) is 25.0 Å². The molecule has 1 aliphatic heterocycles. The number of phenols is 1. The summed E-state index contributed by atoms with van der Waals surface area (Å²) in [4.78, 5) is 49.3. The lowest BCUT2D eigenvalue weighted by Gasteiger charge is -2.26. The molecular formula is C26H17BrF3N3O8. The number of ether oxygens (including phenoxy) is 2. The van der Waals surface area contributed by atoms with Crippen LogP contribution in [-0.2, 0) is 15.8 Å². The number of nitrogens with one attached hydrogen (secondary N) is 1. The second-order valence-electron chi connectivity index (χ2n) is 8.28. The van der Waals surface area contributed by atoms with Crippen LogP contribution in [0.5, 0.6) is 23.0 Å². The summed E-state index contributed by atoms with van der Waals surface area (Å²) in [6, 6.07) is 8.58. The van der Waals surface area contributed by atoms with Crippen molar-refractivity contribution in [3.63, 3.8) is 0 Å². The second-order valence-corrected chi connectivity index (χ2v) is 9.13. The number of benzene rings is 3. The van der Waals surface area contributed by atoms with Gasteiger partial charge in [-0.25, -0.2) is 9.69 Å². The van der Waals surface area contributed by atoms with Crippen molar-refractivity contribution >= 4 is 51.2 Å². The molecule has 0 aromatic heterocycles. The molecule has 0 saturated carbocycles. The van der Waals surface area contributed by atoms with Crippen LogP contribution in [0.3, 0.4) is 0 Å². The molecule has 2 N–H and O–H groups in total. The summed E-state index contributed by atoms with van der Waals surface area (Å²) in [7, 11) is 0. The molecule has 1 heterocycles. The molecule has 1 aliphatic rings. The van der Waals surface area contributed by atoms with Gasteiger partial charge in [-0.1, -0.05) is 0 Å². The van der Waals surface area contributed by atoms with E-state index in [1.807, 2.05) is 0 Å². The molecule has 15 heteroatoms. The van der Waals surface area contributed by atoms with Gasteiger partial charge in [-0.15, -0.1) is 0 Å². The number of aromatic hydroxyl groups is 1. The highest BCUT2D eigenvalue weighted by molar-refractivity contribution is 9.10.